The number of likely N-dealkylation sites (tertiary alicyclic amines) is 1. The van der Waals surface area contributed by atoms with Gasteiger partial charge in [-0.2, -0.15) is 0 Å². The maximum absolute atomic E-state index is 6.11. The SMILES string of the molecule is CC1(C)CCN(C(C)(CN)Cc2ccccc2)CC1. The Morgan fingerprint density at radius 2 is 1.74 bits per heavy atom. The summed E-state index contributed by atoms with van der Waals surface area (Å²) >= 11 is 0. The molecule has 2 rings (SSSR count). The monoisotopic (exact) mass is 260 g/mol. The zero-order valence-electron chi connectivity index (χ0n) is 12.7. The number of rotatable bonds is 4. The van der Waals surface area contributed by atoms with Crippen molar-refractivity contribution in [1.82, 2.24) is 4.90 Å². The molecule has 0 aromatic heterocycles. The van der Waals surface area contributed by atoms with Crippen LogP contribution in [-0.4, -0.2) is 30.1 Å². The number of hydrogen-bond acceptors (Lipinski definition) is 2. The molecule has 2 nitrogen and oxygen atoms in total. The van der Waals surface area contributed by atoms with Gasteiger partial charge in [0.1, 0.15) is 0 Å². The van der Waals surface area contributed by atoms with Crippen LogP contribution in [0.1, 0.15) is 39.2 Å². The fourth-order valence-electron chi connectivity index (χ4n) is 3.00. The first-order valence-electron chi connectivity index (χ1n) is 7.44. The molecular weight excluding hydrogens is 232 g/mol. The fourth-order valence-corrected chi connectivity index (χ4v) is 3.00. The quantitative estimate of drug-likeness (QED) is 0.901. The van der Waals surface area contributed by atoms with E-state index in [9.17, 15) is 0 Å². The van der Waals surface area contributed by atoms with E-state index < -0.39 is 0 Å². The Labute approximate surface area is 118 Å². The van der Waals surface area contributed by atoms with Crippen LogP contribution in [0.15, 0.2) is 30.3 Å². The molecular formula is C17H28N2. The molecule has 1 aliphatic rings. The largest absolute Gasteiger partial charge is 0.329 e. The predicted octanol–water partition coefficient (Wildman–Crippen LogP) is 3.07. The van der Waals surface area contributed by atoms with Crippen LogP contribution >= 0.6 is 0 Å². The smallest absolute Gasteiger partial charge is 0.0343 e. The standard InChI is InChI=1S/C17H28N2/c1-16(2)9-11-19(12-10-16)17(3,14-18)13-15-7-5-4-6-8-15/h4-8H,9-14,18H2,1-3H3. The molecule has 0 spiro atoms. The van der Waals surface area contributed by atoms with Gasteiger partial charge in [-0.1, -0.05) is 44.2 Å². The van der Waals surface area contributed by atoms with E-state index in [4.69, 9.17) is 5.73 Å². The van der Waals surface area contributed by atoms with Gasteiger partial charge >= 0.3 is 0 Å². The third-order valence-electron chi connectivity index (χ3n) is 4.75. The summed E-state index contributed by atoms with van der Waals surface area (Å²) in [4.78, 5) is 2.60. The highest BCUT2D eigenvalue weighted by molar-refractivity contribution is 5.18. The number of benzene rings is 1. The van der Waals surface area contributed by atoms with Crippen molar-refractivity contribution in [3.8, 4) is 0 Å². The summed E-state index contributed by atoms with van der Waals surface area (Å²) in [6.45, 7) is 10.1. The van der Waals surface area contributed by atoms with Crippen LogP contribution in [0.2, 0.25) is 0 Å². The van der Waals surface area contributed by atoms with E-state index in [1.165, 1.54) is 31.5 Å². The van der Waals surface area contributed by atoms with Gasteiger partial charge in [-0.05, 0) is 50.3 Å². The number of nitrogens with two attached hydrogens (primary N) is 1. The van der Waals surface area contributed by atoms with Crippen molar-refractivity contribution in [2.75, 3.05) is 19.6 Å². The minimum Gasteiger partial charge on any atom is -0.329 e. The first-order chi connectivity index (χ1) is 8.95. The molecule has 1 atom stereocenters. The van der Waals surface area contributed by atoms with Gasteiger partial charge in [0.05, 0.1) is 0 Å². The molecule has 1 aliphatic heterocycles. The van der Waals surface area contributed by atoms with E-state index >= 15 is 0 Å². The van der Waals surface area contributed by atoms with Crippen molar-refractivity contribution in [3.63, 3.8) is 0 Å². The molecule has 2 N–H and O–H groups in total. The van der Waals surface area contributed by atoms with Crippen molar-refractivity contribution in [3.05, 3.63) is 35.9 Å². The van der Waals surface area contributed by atoms with Crippen LogP contribution in [0.4, 0.5) is 0 Å². The maximum Gasteiger partial charge on any atom is 0.0343 e. The summed E-state index contributed by atoms with van der Waals surface area (Å²) in [6.07, 6.45) is 3.60. The highest BCUT2D eigenvalue weighted by atomic mass is 15.2. The molecule has 1 heterocycles. The first-order valence-corrected chi connectivity index (χ1v) is 7.44. The fraction of sp³-hybridized carbons (Fsp3) is 0.647. The molecule has 0 amide bonds. The Balaban J connectivity index is 2.06. The van der Waals surface area contributed by atoms with Crippen LogP contribution in [0, 0.1) is 5.41 Å². The van der Waals surface area contributed by atoms with Crippen LogP contribution < -0.4 is 5.73 Å². The molecule has 1 fully saturated rings. The Hall–Kier alpha value is -0.860. The Bertz CT molecular complexity index is 389. The van der Waals surface area contributed by atoms with Gasteiger partial charge in [0.15, 0.2) is 0 Å². The van der Waals surface area contributed by atoms with E-state index in [0.29, 0.717) is 5.41 Å². The van der Waals surface area contributed by atoms with Crippen molar-refractivity contribution in [2.24, 2.45) is 11.1 Å². The maximum atomic E-state index is 6.11. The summed E-state index contributed by atoms with van der Waals surface area (Å²) in [7, 11) is 0. The minimum absolute atomic E-state index is 0.0951. The van der Waals surface area contributed by atoms with Gasteiger partial charge < -0.3 is 5.73 Å². The molecule has 1 aromatic rings. The van der Waals surface area contributed by atoms with Crippen LogP contribution in [-0.2, 0) is 6.42 Å². The number of nitrogens with zero attached hydrogens (tertiary/aromatic N) is 1. The minimum atomic E-state index is 0.0951. The lowest BCUT2D eigenvalue weighted by Gasteiger charge is -2.47. The van der Waals surface area contributed by atoms with E-state index in [1.54, 1.807) is 0 Å². The molecule has 0 bridgehead atoms. The van der Waals surface area contributed by atoms with Crippen LogP contribution in [0.5, 0.6) is 0 Å². The van der Waals surface area contributed by atoms with E-state index in [-0.39, 0.29) is 5.54 Å². The normalized spacial score (nSPS) is 22.9. The molecule has 106 valence electrons. The average molecular weight is 260 g/mol. The third-order valence-corrected chi connectivity index (χ3v) is 4.75. The van der Waals surface area contributed by atoms with Gasteiger partial charge in [0, 0.05) is 12.1 Å². The summed E-state index contributed by atoms with van der Waals surface area (Å²) in [5.41, 5.74) is 8.09. The van der Waals surface area contributed by atoms with Crippen molar-refractivity contribution in [1.29, 1.82) is 0 Å². The zero-order chi connectivity index (χ0) is 13.9. The van der Waals surface area contributed by atoms with E-state index in [0.717, 1.165) is 13.0 Å². The molecule has 1 aromatic carbocycles. The Morgan fingerprint density at radius 1 is 1.16 bits per heavy atom. The number of hydrogen-bond donors (Lipinski definition) is 1. The van der Waals surface area contributed by atoms with Gasteiger partial charge in [-0.25, -0.2) is 0 Å². The highest BCUT2D eigenvalue weighted by Gasteiger charge is 2.35. The average Bonchev–Trinajstić information content (AvgIpc) is 2.39. The lowest BCUT2D eigenvalue weighted by atomic mass is 9.80. The summed E-state index contributed by atoms with van der Waals surface area (Å²) in [5, 5.41) is 0. The second kappa shape index (κ2) is 5.64. The molecule has 1 unspecified atom stereocenters. The van der Waals surface area contributed by atoms with Gasteiger partial charge in [0.25, 0.3) is 0 Å². The van der Waals surface area contributed by atoms with Crippen LogP contribution in [0.25, 0.3) is 0 Å². The Kier molecular flexibility index (Phi) is 4.32. The molecule has 0 aliphatic carbocycles. The van der Waals surface area contributed by atoms with Crippen LogP contribution in [0.3, 0.4) is 0 Å². The Morgan fingerprint density at radius 3 is 2.26 bits per heavy atom. The van der Waals surface area contributed by atoms with Gasteiger partial charge in [-0.3, -0.25) is 4.90 Å². The van der Waals surface area contributed by atoms with Crippen molar-refractivity contribution >= 4 is 0 Å². The molecule has 19 heavy (non-hydrogen) atoms. The predicted molar refractivity (Wildman–Crippen MR) is 82.2 cm³/mol. The zero-order valence-corrected chi connectivity index (χ0v) is 12.7. The van der Waals surface area contributed by atoms with Crippen molar-refractivity contribution < 1.29 is 0 Å². The molecule has 0 saturated carbocycles. The third kappa shape index (κ3) is 3.58. The van der Waals surface area contributed by atoms with E-state index in [1.807, 2.05) is 0 Å². The second-order valence-electron chi connectivity index (χ2n) is 7.01. The second-order valence-corrected chi connectivity index (χ2v) is 7.01. The topological polar surface area (TPSA) is 29.3 Å². The summed E-state index contributed by atoms with van der Waals surface area (Å²) < 4.78 is 0. The lowest BCUT2D eigenvalue weighted by Crippen LogP contribution is -2.56. The number of piperidine rings is 1. The molecule has 0 radical (unpaired) electrons. The van der Waals surface area contributed by atoms with E-state index in [2.05, 4.69) is 56.0 Å². The van der Waals surface area contributed by atoms with Gasteiger partial charge in [0.2, 0.25) is 0 Å². The van der Waals surface area contributed by atoms with Crippen molar-refractivity contribution in [2.45, 2.75) is 45.6 Å². The summed E-state index contributed by atoms with van der Waals surface area (Å²) in [6, 6.07) is 10.7. The highest BCUT2D eigenvalue weighted by Crippen LogP contribution is 2.33. The first kappa shape index (κ1) is 14.5. The molecule has 1 saturated heterocycles. The summed E-state index contributed by atoms with van der Waals surface area (Å²) in [5.74, 6) is 0. The van der Waals surface area contributed by atoms with Gasteiger partial charge in [-0.15, -0.1) is 0 Å². The lowest BCUT2D eigenvalue weighted by molar-refractivity contribution is 0.0430. The molecule has 2 heteroatoms.